The summed E-state index contributed by atoms with van der Waals surface area (Å²) in [5, 5.41) is 3.22. The number of carbonyl (C=O) groups is 1. The number of benzene rings is 1. The van der Waals surface area contributed by atoms with Gasteiger partial charge in [-0.25, -0.2) is 0 Å². The van der Waals surface area contributed by atoms with Gasteiger partial charge in [0.2, 0.25) is 5.91 Å². The molecule has 1 N–H and O–H groups in total. The second-order valence-corrected chi connectivity index (χ2v) is 6.26. The van der Waals surface area contributed by atoms with Gasteiger partial charge in [0.15, 0.2) is 0 Å². The lowest BCUT2D eigenvalue weighted by molar-refractivity contribution is -0.136. The standard InChI is InChI=1S/C15H21BrN2O/c1-11(13-9-17-10-13)15(19)18(2)8-7-12-3-5-14(16)6-4-12/h3-6,11,13,17H,7-10H2,1-2H3. The summed E-state index contributed by atoms with van der Waals surface area (Å²) < 4.78 is 1.09. The number of hydrogen-bond donors (Lipinski definition) is 1. The zero-order chi connectivity index (χ0) is 13.8. The molecule has 4 heteroatoms. The van der Waals surface area contributed by atoms with Crippen LogP contribution in [0.5, 0.6) is 0 Å². The van der Waals surface area contributed by atoms with Crippen LogP contribution in [-0.2, 0) is 11.2 Å². The highest BCUT2D eigenvalue weighted by Crippen LogP contribution is 2.18. The van der Waals surface area contributed by atoms with Gasteiger partial charge in [0.25, 0.3) is 0 Å². The fraction of sp³-hybridized carbons (Fsp3) is 0.533. The van der Waals surface area contributed by atoms with E-state index in [4.69, 9.17) is 0 Å². The van der Waals surface area contributed by atoms with Gasteiger partial charge in [-0.3, -0.25) is 4.79 Å². The summed E-state index contributed by atoms with van der Waals surface area (Å²) >= 11 is 3.43. The van der Waals surface area contributed by atoms with Gasteiger partial charge in [0, 0.05) is 24.0 Å². The van der Waals surface area contributed by atoms with Crippen molar-refractivity contribution in [3.8, 4) is 0 Å². The highest BCUT2D eigenvalue weighted by Gasteiger charge is 2.30. The fourth-order valence-electron chi connectivity index (χ4n) is 2.27. The molecule has 0 radical (unpaired) electrons. The molecule has 1 aliphatic heterocycles. The maximum Gasteiger partial charge on any atom is 0.225 e. The minimum atomic E-state index is 0.135. The lowest BCUT2D eigenvalue weighted by atomic mass is 9.88. The molecule has 1 heterocycles. The summed E-state index contributed by atoms with van der Waals surface area (Å²) in [4.78, 5) is 14.1. The molecule has 0 aromatic heterocycles. The van der Waals surface area contributed by atoms with Gasteiger partial charge in [-0.1, -0.05) is 35.0 Å². The van der Waals surface area contributed by atoms with Crippen molar-refractivity contribution in [1.29, 1.82) is 0 Å². The number of amides is 1. The lowest BCUT2D eigenvalue weighted by Crippen LogP contribution is -2.50. The second kappa shape index (κ2) is 6.53. The van der Waals surface area contributed by atoms with Crippen molar-refractivity contribution >= 4 is 21.8 Å². The number of hydrogen-bond acceptors (Lipinski definition) is 2. The zero-order valence-electron chi connectivity index (χ0n) is 11.5. The number of likely N-dealkylation sites (N-methyl/N-ethyl adjacent to an activating group) is 1. The molecule has 0 bridgehead atoms. The van der Waals surface area contributed by atoms with Crippen molar-refractivity contribution < 1.29 is 4.79 Å². The summed E-state index contributed by atoms with van der Waals surface area (Å²) in [7, 11) is 1.91. The van der Waals surface area contributed by atoms with Crippen molar-refractivity contribution in [3.63, 3.8) is 0 Å². The number of nitrogens with zero attached hydrogens (tertiary/aromatic N) is 1. The van der Waals surface area contributed by atoms with Crippen LogP contribution >= 0.6 is 15.9 Å². The maximum absolute atomic E-state index is 12.2. The van der Waals surface area contributed by atoms with Crippen LogP contribution in [0.25, 0.3) is 0 Å². The first-order valence-corrected chi connectivity index (χ1v) is 7.57. The van der Waals surface area contributed by atoms with Crippen molar-refractivity contribution in [1.82, 2.24) is 10.2 Å². The SMILES string of the molecule is CC(C(=O)N(C)CCc1ccc(Br)cc1)C1CNC1. The topological polar surface area (TPSA) is 32.3 Å². The smallest absolute Gasteiger partial charge is 0.225 e. The molecule has 1 saturated heterocycles. The summed E-state index contributed by atoms with van der Waals surface area (Å²) in [5.41, 5.74) is 1.26. The fourth-order valence-corrected chi connectivity index (χ4v) is 2.54. The third-order valence-electron chi connectivity index (χ3n) is 3.94. The summed E-state index contributed by atoms with van der Waals surface area (Å²) in [6, 6.07) is 8.28. The second-order valence-electron chi connectivity index (χ2n) is 5.34. The first kappa shape index (κ1) is 14.5. The Balaban J connectivity index is 1.81. The molecule has 1 amide bonds. The van der Waals surface area contributed by atoms with E-state index in [-0.39, 0.29) is 11.8 Å². The maximum atomic E-state index is 12.2. The number of rotatable bonds is 5. The van der Waals surface area contributed by atoms with Crippen molar-refractivity contribution in [2.75, 3.05) is 26.7 Å². The average Bonchev–Trinajstić information content (AvgIpc) is 2.34. The molecule has 1 atom stereocenters. The quantitative estimate of drug-likeness (QED) is 0.901. The van der Waals surface area contributed by atoms with E-state index in [0.29, 0.717) is 5.92 Å². The van der Waals surface area contributed by atoms with Crippen LogP contribution in [-0.4, -0.2) is 37.5 Å². The normalized spacial score (nSPS) is 16.8. The number of nitrogens with one attached hydrogen (secondary N) is 1. The third-order valence-corrected chi connectivity index (χ3v) is 4.46. The van der Waals surface area contributed by atoms with Gasteiger partial charge in [0.1, 0.15) is 0 Å². The molecule has 104 valence electrons. The Hall–Kier alpha value is -0.870. The third kappa shape index (κ3) is 3.80. The lowest BCUT2D eigenvalue weighted by Gasteiger charge is -2.34. The molecule has 0 aliphatic carbocycles. The molecule has 1 fully saturated rings. The molecule has 0 spiro atoms. The van der Waals surface area contributed by atoms with Crippen LogP contribution in [0.15, 0.2) is 28.7 Å². The minimum absolute atomic E-state index is 0.135. The molecular weight excluding hydrogens is 304 g/mol. The molecule has 0 saturated carbocycles. The molecule has 3 nitrogen and oxygen atoms in total. The Morgan fingerprint density at radius 3 is 2.58 bits per heavy atom. The molecular formula is C15H21BrN2O. The summed E-state index contributed by atoms with van der Waals surface area (Å²) in [6.07, 6.45) is 0.908. The molecule has 1 unspecified atom stereocenters. The zero-order valence-corrected chi connectivity index (χ0v) is 13.1. The van der Waals surface area contributed by atoms with E-state index in [9.17, 15) is 4.79 Å². The van der Waals surface area contributed by atoms with E-state index in [1.807, 2.05) is 31.0 Å². The Bertz CT molecular complexity index is 428. The molecule has 1 aliphatic rings. The van der Waals surface area contributed by atoms with Crippen LogP contribution < -0.4 is 5.32 Å². The predicted octanol–water partition coefficient (Wildman–Crippen LogP) is 2.31. The van der Waals surface area contributed by atoms with E-state index in [1.165, 1.54) is 5.56 Å². The van der Waals surface area contributed by atoms with E-state index in [0.717, 1.165) is 30.5 Å². The van der Waals surface area contributed by atoms with Crippen molar-refractivity contribution in [2.24, 2.45) is 11.8 Å². The Kier molecular flexibility index (Phi) is 4.99. The van der Waals surface area contributed by atoms with Crippen LogP contribution in [0.3, 0.4) is 0 Å². The first-order valence-electron chi connectivity index (χ1n) is 6.78. The van der Waals surface area contributed by atoms with E-state index < -0.39 is 0 Å². The van der Waals surface area contributed by atoms with Gasteiger partial charge >= 0.3 is 0 Å². The highest BCUT2D eigenvalue weighted by atomic mass is 79.9. The molecule has 1 aromatic rings. The van der Waals surface area contributed by atoms with E-state index >= 15 is 0 Å². The van der Waals surface area contributed by atoms with Crippen LogP contribution in [0, 0.1) is 11.8 Å². The van der Waals surface area contributed by atoms with Gasteiger partial charge in [0.05, 0.1) is 0 Å². The molecule has 19 heavy (non-hydrogen) atoms. The molecule has 2 rings (SSSR count). The Morgan fingerprint density at radius 1 is 1.42 bits per heavy atom. The van der Waals surface area contributed by atoms with Crippen molar-refractivity contribution in [2.45, 2.75) is 13.3 Å². The van der Waals surface area contributed by atoms with Crippen LogP contribution in [0.1, 0.15) is 12.5 Å². The highest BCUT2D eigenvalue weighted by molar-refractivity contribution is 9.10. The summed E-state index contributed by atoms with van der Waals surface area (Å²) in [5.74, 6) is 0.919. The Labute approximate surface area is 123 Å². The van der Waals surface area contributed by atoms with Gasteiger partial charge in [-0.05, 0) is 43.1 Å². The van der Waals surface area contributed by atoms with Crippen LogP contribution in [0.2, 0.25) is 0 Å². The number of carbonyl (C=O) groups excluding carboxylic acids is 1. The van der Waals surface area contributed by atoms with Gasteiger partial charge in [-0.15, -0.1) is 0 Å². The average molecular weight is 325 g/mol. The number of halogens is 1. The van der Waals surface area contributed by atoms with Crippen molar-refractivity contribution in [3.05, 3.63) is 34.3 Å². The largest absolute Gasteiger partial charge is 0.345 e. The first-order chi connectivity index (χ1) is 9.08. The predicted molar refractivity (Wildman–Crippen MR) is 81.0 cm³/mol. The monoisotopic (exact) mass is 324 g/mol. The van der Waals surface area contributed by atoms with E-state index in [2.05, 4.69) is 33.4 Å². The summed E-state index contributed by atoms with van der Waals surface area (Å²) in [6.45, 7) is 4.79. The molecule has 1 aromatic carbocycles. The van der Waals surface area contributed by atoms with Crippen LogP contribution in [0.4, 0.5) is 0 Å². The minimum Gasteiger partial charge on any atom is -0.345 e. The van der Waals surface area contributed by atoms with Gasteiger partial charge in [-0.2, -0.15) is 0 Å². The van der Waals surface area contributed by atoms with Gasteiger partial charge < -0.3 is 10.2 Å². The Morgan fingerprint density at radius 2 is 2.05 bits per heavy atom. The van der Waals surface area contributed by atoms with E-state index in [1.54, 1.807) is 0 Å².